The van der Waals surface area contributed by atoms with Crippen molar-refractivity contribution in [3.63, 3.8) is 0 Å². The summed E-state index contributed by atoms with van der Waals surface area (Å²) in [5.74, 6) is 7.29. The zero-order valence-corrected chi connectivity index (χ0v) is 19.2. The van der Waals surface area contributed by atoms with Crippen LogP contribution in [0, 0.1) is 5.92 Å². The first-order chi connectivity index (χ1) is 16.2. The maximum atomic E-state index is 12.6. The zero-order valence-electron chi connectivity index (χ0n) is 19.2. The molecule has 0 spiro atoms. The van der Waals surface area contributed by atoms with E-state index in [0.717, 1.165) is 50.3 Å². The maximum Gasteiger partial charge on any atom is 0.416 e. The number of ether oxygens (including phenoxy) is 2. The summed E-state index contributed by atoms with van der Waals surface area (Å²) in [7, 11) is 0. The third-order valence-corrected chi connectivity index (χ3v) is 5.59. The predicted molar refractivity (Wildman–Crippen MR) is 124 cm³/mol. The summed E-state index contributed by atoms with van der Waals surface area (Å²) >= 11 is 0. The second kappa shape index (κ2) is 11.9. The first-order valence-corrected chi connectivity index (χ1v) is 11.1. The van der Waals surface area contributed by atoms with Crippen molar-refractivity contribution in [2.24, 2.45) is 16.9 Å². The number of hydrazine groups is 1. The summed E-state index contributed by atoms with van der Waals surface area (Å²) in [6.07, 6.45) is -2.36. The van der Waals surface area contributed by atoms with Crippen molar-refractivity contribution < 1.29 is 27.5 Å². The van der Waals surface area contributed by atoms with Crippen molar-refractivity contribution in [3.05, 3.63) is 77.5 Å². The van der Waals surface area contributed by atoms with E-state index < -0.39 is 11.7 Å². The Morgan fingerprint density at radius 3 is 2.38 bits per heavy atom. The molecule has 1 saturated heterocycles. The minimum absolute atomic E-state index is 0.0717. The summed E-state index contributed by atoms with van der Waals surface area (Å²) in [5.41, 5.74) is 2.07. The van der Waals surface area contributed by atoms with Crippen molar-refractivity contribution in [1.29, 1.82) is 0 Å². The highest BCUT2D eigenvalue weighted by Crippen LogP contribution is 2.29. The lowest BCUT2D eigenvalue weighted by Gasteiger charge is -2.28. The fourth-order valence-electron chi connectivity index (χ4n) is 3.42. The molecule has 0 aromatic heterocycles. The number of nitrogens with zero attached hydrogens (tertiary/aromatic N) is 2. The van der Waals surface area contributed by atoms with E-state index in [1.807, 2.05) is 24.3 Å². The van der Waals surface area contributed by atoms with Crippen molar-refractivity contribution in [1.82, 2.24) is 5.01 Å². The molecule has 0 radical (unpaired) electrons. The second-order valence-corrected chi connectivity index (χ2v) is 8.23. The minimum Gasteiger partial charge on any atom is -0.487 e. The molecule has 0 aliphatic carbocycles. The third-order valence-electron chi connectivity index (χ3n) is 5.59. The lowest BCUT2D eigenvalue weighted by atomic mass is 10.0. The van der Waals surface area contributed by atoms with Gasteiger partial charge < -0.3 is 19.3 Å². The molecule has 34 heavy (non-hydrogen) atoms. The van der Waals surface area contributed by atoms with Gasteiger partial charge in [0.05, 0.1) is 17.0 Å². The molecule has 1 fully saturated rings. The number of halogens is 3. The lowest BCUT2D eigenvalue weighted by Crippen LogP contribution is -2.38. The van der Waals surface area contributed by atoms with Crippen molar-refractivity contribution in [3.8, 4) is 5.75 Å². The van der Waals surface area contributed by atoms with Crippen LogP contribution in [0.4, 0.5) is 13.2 Å². The van der Waals surface area contributed by atoms with Crippen LogP contribution in [0.15, 0.2) is 66.0 Å². The molecule has 9 heteroatoms. The van der Waals surface area contributed by atoms with Crippen LogP contribution in [0.5, 0.6) is 5.75 Å². The second-order valence-electron chi connectivity index (χ2n) is 8.23. The Bertz CT molecular complexity index is 954. The highest BCUT2D eigenvalue weighted by atomic mass is 19.4. The molecule has 1 aliphatic heterocycles. The van der Waals surface area contributed by atoms with Gasteiger partial charge >= 0.3 is 6.18 Å². The van der Waals surface area contributed by atoms with Crippen LogP contribution < -0.4 is 10.6 Å². The Hall–Kier alpha value is -3.04. The number of rotatable bonds is 10. The molecule has 184 valence electrons. The first-order valence-electron chi connectivity index (χ1n) is 11.1. The van der Waals surface area contributed by atoms with Gasteiger partial charge in [-0.3, -0.25) is 0 Å². The molecule has 3 rings (SSSR count). The van der Waals surface area contributed by atoms with Gasteiger partial charge in [-0.15, -0.1) is 0 Å². The standard InChI is InChI=1S/C25H30F3N3O3/c1-18(31(29)15-20-11-13-32-14-12-20)16-33-24-9-5-22(6-10-24)19(2)30-34-17-21-3-7-23(8-4-21)25(26,27)28/h3-10,20H,1,11-17,29H2,2H3/b30-19+. The van der Waals surface area contributed by atoms with Crippen LogP contribution in [-0.2, 0) is 22.4 Å². The van der Waals surface area contributed by atoms with Gasteiger partial charge in [0.2, 0.25) is 0 Å². The summed E-state index contributed by atoms with van der Waals surface area (Å²) in [6, 6.07) is 12.1. The number of oxime groups is 1. The minimum atomic E-state index is -4.36. The fraction of sp³-hybridized carbons (Fsp3) is 0.400. The predicted octanol–water partition coefficient (Wildman–Crippen LogP) is 5.14. The Morgan fingerprint density at radius 2 is 1.76 bits per heavy atom. The van der Waals surface area contributed by atoms with E-state index in [-0.39, 0.29) is 13.2 Å². The topological polar surface area (TPSA) is 69.3 Å². The summed E-state index contributed by atoms with van der Waals surface area (Å²) in [4.78, 5) is 5.30. The van der Waals surface area contributed by atoms with Gasteiger partial charge in [0.25, 0.3) is 0 Å². The molecule has 0 unspecified atom stereocenters. The highest BCUT2D eigenvalue weighted by molar-refractivity contribution is 5.98. The molecular weight excluding hydrogens is 447 g/mol. The molecule has 0 atom stereocenters. The summed E-state index contributed by atoms with van der Waals surface area (Å²) in [5, 5.41) is 5.70. The van der Waals surface area contributed by atoms with E-state index >= 15 is 0 Å². The fourth-order valence-corrected chi connectivity index (χ4v) is 3.42. The number of nitrogens with two attached hydrogens (primary N) is 1. The van der Waals surface area contributed by atoms with E-state index in [9.17, 15) is 13.2 Å². The van der Waals surface area contributed by atoms with Crippen molar-refractivity contribution in [2.75, 3.05) is 26.4 Å². The summed E-state index contributed by atoms with van der Waals surface area (Å²) in [6.45, 7) is 8.42. The number of benzene rings is 2. The third kappa shape index (κ3) is 7.78. The highest BCUT2D eigenvalue weighted by Gasteiger charge is 2.29. The van der Waals surface area contributed by atoms with Gasteiger partial charge in [0.1, 0.15) is 19.0 Å². The van der Waals surface area contributed by atoms with Gasteiger partial charge in [-0.05, 0) is 73.2 Å². The molecular formula is C25H30F3N3O3. The Labute approximate surface area is 197 Å². The van der Waals surface area contributed by atoms with Crippen LogP contribution in [-0.4, -0.2) is 37.1 Å². The molecule has 2 aromatic rings. The molecule has 1 heterocycles. The summed E-state index contributed by atoms with van der Waals surface area (Å²) < 4.78 is 49.0. The van der Waals surface area contributed by atoms with E-state index in [0.29, 0.717) is 28.6 Å². The van der Waals surface area contributed by atoms with Gasteiger partial charge in [0, 0.05) is 19.8 Å². The van der Waals surface area contributed by atoms with Crippen LogP contribution >= 0.6 is 0 Å². The normalized spacial score (nSPS) is 15.1. The van der Waals surface area contributed by atoms with E-state index in [1.165, 1.54) is 12.1 Å². The van der Waals surface area contributed by atoms with Crippen LogP contribution in [0.1, 0.15) is 36.5 Å². The first kappa shape index (κ1) is 25.6. The molecule has 0 saturated carbocycles. The van der Waals surface area contributed by atoms with Gasteiger partial charge in [-0.25, -0.2) is 5.84 Å². The van der Waals surface area contributed by atoms with E-state index in [1.54, 1.807) is 11.9 Å². The SMILES string of the molecule is C=C(COc1ccc(/C(C)=N/OCc2ccc(C(F)(F)F)cc2)cc1)N(N)CC1CCOCC1. The molecule has 6 nitrogen and oxygen atoms in total. The van der Waals surface area contributed by atoms with Gasteiger partial charge in [-0.2, -0.15) is 13.2 Å². The van der Waals surface area contributed by atoms with Crippen molar-refractivity contribution >= 4 is 5.71 Å². The maximum absolute atomic E-state index is 12.6. The van der Waals surface area contributed by atoms with E-state index in [4.69, 9.17) is 20.2 Å². The quantitative estimate of drug-likeness (QED) is 0.292. The van der Waals surface area contributed by atoms with Crippen LogP contribution in [0.2, 0.25) is 0 Å². The Morgan fingerprint density at radius 1 is 1.12 bits per heavy atom. The molecule has 0 bridgehead atoms. The Kier molecular flexibility index (Phi) is 8.95. The molecule has 2 N–H and O–H groups in total. The average Bonchev–Trinajstić information content (AvgIpc) is 2.83. The average molecular weight is 478 g/mol. The van der Waals surface area contributed by atoms with Gasteiger partial charge in [0.15, 0.2) is 0 Å². The van der Waals surface area contributed by atoms with E-state index in [2.05, 4.69) is 11.7 Å². The molecule has 1 aliphatic rings. The van der Waals surface area contributed by atoms with Crippen LogP contribution in [0.3, 0.4) is 0 Å². The number of hydrogen-bond donors (Lipinski definition) is 1. The lowest BCUT2D eigenvalue weighted by molar-refractivity contribution is -0.137. The number of hydrogen-bond acceptors (Lipinski definition) is 6. The molecule has 0 amide bonds. The monoisotopic (exact) mass is 477 g/mol. The molecule has 2 aromatic carbocycles. The largest absolute Gasteiger partial charge is 0.487 e. The van der Waals surface area contributed by atoms with Crippen molar-refractivity contribution in [2.45, 2.75) is 32.5 Å². The van der Waals surface area contributed by atoms with Gasteiger partial charge in [-0.1, -0.05) is 23.9 Å². The zero-order chi connectivity index (χ0) is 24.6. The number of alkyl halides is 3. The smallest absolute Gasteiger partial charge is 0.416 e. The van der Waals surface area contributed by atoms with Crippen LogP contribution in [0.25, 0.3) is 0 Å². The Balaban J connectivity index is 1.43.